The van der Waals surface area contributed by atoms with Crippen LogP contribution in [0.5, 0.6) is 5.75 Å². The molecule has 0 bridgehead atoms. The summed E-state index contributed by atoms with van der Waals surface area (Å²) in [7, 11) is 0. The fraction of sp³-hybridized carbons (Fsp3) is 0.176. The molecule has 0 spiro atoms. The zero-order valence-corrected chi connectivity index (χ0v) is 13.7. The predicted molar refractivity (Wildman–Crippen MR) is 89.6 cm³/mol. The smallest absolute Gasteiger partial charge is 0.120 e. The summed E-state index contributed by atoms with van der Waals surface area (Å²) in [6, 6.07) is 11.2. The van der Waals surface area contributed by atoms with E-state index in [1.807, 2.05) is 31.2 Å². The Bertz CT molecular complexity index is 699. The molecule has 1 nitrogen and oxygen atoms in total. The standard InChI is InChI=1S/C17H13Cl3O/c1-12-9-15(6-5-14(12)3-2-8-18)21-11-13-4-7-16(19)17(20)10-13/h4-7,9-10H,8,11H2,1H3. The average Bonchev–Trinajstić information content (AvgIpc) is 2.47. The number of ether oxygens (including phenoxy) is 1. The van der Waals surface area contributed by atoms with Crippen LogP contribution in [0.1, 0.15) is 16.7 Å². The SMILES string of the molecule is Cc1cc(OCc2ccc(Cl)c(Cl)c2)ccc1C#CCCl. The van der Waals surface area contributed by atoms with E-state index >= 15 is 0 Å². The topological polar surface area (TPSA) is 9.23 Å². The van der Waals surface area contributed by atoms with Gasteiger partial charge < -0.3 is 4.74 Å². The minimum Gasteiger partial charge on any atom is -0.489 e. The van der Waals surface area contributed by atoms with Crippen LogP contribution in [0.15, 0.2) is 36.4 Å². The lowest BCUT2D eigenvalue weighted by atomic mass is 10.1. The Morgan fingerprint density at radius 1 is 1.05 bits per heavy atom. The van der Waals surface area contributed by atoms with Crippen LogP contribution in [0.2, 0.25) is 10.0 Å². The fourth-order valence-corrected chi connectivity index (χ4v) is 2.18. The monoisotopic (exact) mass is 338 g/mol. The molecule has 108 valence electrons. The van der Waals surface area contributed by atoms with E-state index in [0.29, 0.717) is 22.5 Å². The van der Waals surface area contributed by atoms with Gasteiger partial charge in [0.05, 0.1) is 15.9 Å². The van der Waals surface area contributed by atoms with Gasteiger partial charge in [0.2, 0.25) is 0 Å². The van der Waals surface area contributed by atoms with Gasteiger partial charge >= 0.3 is 0 Å². The van der Waals surface area contributed by atoms with Gasteiger partial charge in [0.1, 0.15) is 12.4 Å². The van der Waals surface area contributed by atoms with E-state index in [1.54, 1.807) is 12.1 Å². The molecular formula is C17H13Cl3O. The first-order valence-electron chi connectivity index (χ1n) is 6.32. The maximum atomic E-state index is 5.98. The lowest BCUT2D eigenvalue weighted by molar-refractivity contribution is 0.306. The Labute approximate surface area is 139 Å². The Morgan fingerprint density at radius 3 is 2.52 bits per heavy atom. The molecule has 2 aromatic rings. The van der Waals surface area contributed by atoms with Crippen LogP contribution in [0, 0.1) is 18.8 Å². The Balaban J connectivity index is 2.06. The number of hydrogen-bond acceptors (Lipinski definition) is 1. The summed E-state index contributed by atoms with van der Waals surface area (Å²) in [5.74, 6) is 6.96. The lowest BCUT2D eigenvalue weighted by Crippen LogP contribution is -1.96. The molecule has 21 heavy (non-hydrogen) atoms. The van der Waals surface area contributed by atoms with Crippen LogP contribution < -0.4 is 4.74 Å². The van der Waals surface area contributed by atoms with Gasteiger partial charge in [-0.3, -0.25) is 0 Å². The number of benzene rings is 2. The second kappa shape index (κ2) is 7.61. The first-order valence-corrected chi connectivity index (χ1v) is 7.61. The zero-order chi connectivity index (χ0) is 15.2. The van der Waals surface area contributed by atoms with Gasteiger partial charge in [-0.05, 0) is 48.4 Å². The maximum absolute atomic E-state index is 5.98. The van der Waals surface area contributed by atoms with Gasteiger partial charge in [-0.1, -0.05) is 41.1 Å². The van der Waals surface area contributed by atoms with Crippen LogP contribution >= 0.6 is 34.8 Å². The molecule has 0 atom stereocenters. The molecule has 0 aliphatic rings. The van der Waals surface area contributed by atoms with E-state index in [4.69, 9.17) is 39.5 Å². The summed E-state index contributed by atoms with van der Waals surface area (Å²) in [6.07, 6.45) is 0. The van der Waals surface area contributed by atoms with E-state index in [2.05, 4.69) is 11.8 Å². The number of hydrogen-bond donors (Lipinski definition) is 0. The molecule has 0 N–H and O–H groups in total. The van der Waals surface area contributed by atoms with Gasteiger partial charge in [-0.2, -0.15) is 0 Å². The van der Waals surface area contributed by atoms with Crippen LogP contribution in [0.4, 0.5) is 0 Å². The van der Waals surface area contributed by atoms with Crippen LogP contribution in [-0.4, -0.2) is 5.88 Å². The number of aryl methyl sites for hydroxylation is 1. The van der Waals surface area contributed by atoms with Crippen molar-refractivity contribution in [2.45, 2.75) is 13.5 Å². The maximum Gasteiger partial charge on any atom is 0.120 e. The molecule has 0 saturated carbocycles. The molecule has 0 fully saturated rings. The van der Waals surface area contributed by atoms with Crippen molar-refractivity contribution in [1.82, 2.24) is 0 Å². The molecule has 0 aliphatic heterocycles. The second-order valence-corrected chi connectivity index (χ2v) is 5.53. The van der Waals surface area contributed by atoms with Crippen LogP contribution in [0.25, 0.3) is 0 Å². The van der Waals surface area contributed by atoms with E-state index in [1.165, 1.54) is 0 Å². The average molecular weight is 340 g/mol. The van der Waals surface area contributed by atoms with Crippen molar-refractivity contribution in [1.29, 1.82) is 0 Å². The van der Waals surface area contributed by atoms with E-state index in [-0.39, 0.29) is 0 Å². The molecule has 0 aliphatic carbocycles. The van der Waals surface area contributed by atoms with Crippen molar-refractivity contribution >= 4 is 34.8 Å². The first kappa shape index (κ1) is 16.0. The van der Waals surface area contributed by atoms with Crippen LogP contribution in [-0.2, 0) is 6.61 Å². The number of halogens is 3. The molecule has 0 heterocycles. The third-order valence-corrected chi connectivity index (χ3v) is 3.75. The second-order valence-electron chi connectivity index (χ2n) is 4.45. The Hall–Kier alpha value is -1.33. The molecule has 0 unspecified atom stereocenters. The van der Waals surface area contributed by atoms with Crippen molar-refractivity contribution in [2.75, 3.05) is 5.88 Å². The Morgan fingerprint density at radius 2 is 1.86 bits per heavy atom. The number of alkyl halides is 1. The van der Waals surface area contributed by atoms with Crippen molar-refractivity contribution in [3.63, 3.8) is 0 Å². The molecule has 4 heteroatoms. The van der Waals surface area contributed by atoms with Crippen LogP contribution in [0.3, 0.4) is 0 Å². The molecular weight excluding hydrogens is 327 g/mol. The summed E-state index contributed by atoms with van der Waals surface area (Å²) in [5.41, 5.74) is 2.98. The summed E-state index contributed by atoms with van der Waals surface area (Å²) in [4.78, 5) is 0. The van der Waals surface area contributed by atoms with Gasteiger partial charge in [0.25, 0.3) is 0 Å². The van der Waals surface area contributed by atoms with Crippen molar-refractivity contribution in [3.8, 4) is 17.6 Å². The van der Waals surface area contributed by atoms with E-state index in [9.17, 15) is 0 Å². The molecule has 0 saturated heterocycles. The van der Waals surface area contributed by atoms with Gasteiger partial charge in [0.15, 0.2) is 0 Å². The first-order chi connectivity index (χ1) is 10.1. The van der Waals surface area contributed by atoms with Gasteiger partial charge in [-0.15, -0.1) is 11.6 Å². The molecule has 0 radical (unpaired) electrons. The highest BCUT2D eigenvalue weighted by atomic mass is 35.5. The normalized spacial score (nSPS) is 9.90. The molecule has 2 aromatic carbocycles. The van der Waals surface area contributed by atoms with Crippen molar-refractivity contribution in [3.05, 3.63) is 63.1 Å². The summed E-state index contributed by atoms with van der Waals surface area (Å²) in [6.45, 7) is 2.42. The summed E-state index contributed by atoms with van der Waals surface area (Å²) < 4.78 is 5.75. The highest BCUT2D eigenvalue weighted by molar-refractivity contribution is 6.42. The van der Waals surface area contributed by atoms with Crippen molar-refractivity contribution in [2.24, 2.45) is 0 Å². The van der Waals surface area contributed by atoms with Crippen molar-refractivity contribution < 1.29 is 4.74 Å². The quantitative estimate of drug-likeness (QED) is 0.532. The molecule has 0 amide bonds. The predicted octanol–water partition coefficient (Wildman–Crippen LogP) is 5.47. The highest BCUT2D eigenvalue weighted by Gasteiger charge is 2.02. The third kappa shape index (κ3) is 4.58. The van der Waals surface area contributed by atoms with E-state index < -0.39 is 0 Å². The van der Waals surface area contributed by atoms with E-state index in [0.717, 1.165) is 22.4 Å². The van der Waals surface area contributed by atoms with Gasteiger partial charge in [0, 0.05) is 5.56 Å². The number of rotatable bonds is 3. The third-order valence-electron chi connectivity index (χ3n) is 2.88. The minimum absolute atomic E-state index is 0.328. The molecule has 2 rings (SSSR count). The Kier molecular flexibility index (Phi) is 5.82. The minimum atomic E-state index is 0.328. The summed E-state index contributed by atoms with van der Waals surface area (Å²) in [5, 5.41) is 1.07. The summed E-state index contributed by atoms with van der Waals surface area (Å²) >= 11 is 17.4. The zero-order valence-electron chi connectivity index (χ0n) is 11.4. The lowest BCUT2D eigenvalue weighted by Gasteiger charge is -2.08. The largest absolute Gasteiger partial charge is 0.489 e. The molecule has 0 aromatic heterocycles. The highest BCUT2D eigenvalue weighted by Crippen LogP contribution is 2.24. The van der Waals surface area contributed by atoms with Gasteiger partial charge in [-0.25, -0.2) is 0 Å². The fourth-order valence-electron chi connectivity index (χ4n) is 1.79.